The number of nitrogens with one attached hydrogen (secondary N) is 1. The number of aryl methyl sites for hydroxylation is 1. The van der Waals surface area contributed by atoms with Gasteiger partial charge in [0.25, 0.3) is 0 Å². The molecule has 0 atom stereocenters. The third kappa shape index (κ3) is 2.29. The van der Waals surface area contributed by atoms with Crippen LogP contribution < -0.4 is 5.32 Å². The van der Waals surface area contributed by atoms with Gasteiger partial charge in [-0.2, -0.15) is 0 Å². The molecule has 0 aliphatic heterocycles. The summed E-state index contributed by atoms with van der Waals surface area (Å²) >= 11 is 0. The Bertz CT molecular complexity index is 582. The van der Waals surface area contributed by atoms with Gasteiger partial charge in [0, 0.05) is 19.2 Å². The summed E-state index contributed by atoms with van der Waals surface area (Å²) in [5.74, 6) is -0.369. The first-order valence-electron chi connectivity index (χ1n) is 5.22. The molecular weight excluding hydrogens is 239 g/mol. The summed E-state index contributed by atoms with van der Waals surface area (Å²) in [4.78, 5) is 13.8. The normalized spacial score (nSPS) is 10.3. The van der Waals surface area contributed by atoms with Crippen molar-refractivity contribution < 1.29 is 9.31 Å². The fraction of sp³-hybridized carbons (Fsp3) is 0.182. The number of anilines is 1. The van der Waals surface area contributed by atoms with E-state index in [0.717, 1.165) is 0 Å². The van der Waals surface area contributed by atoms with Crippen LogP contribution in [0.15, 0.2) is 30.6 Å². The van der Waals surface area contributed by atoms with E-state index >= 15 is 0 Å². The molecule has 0 unspecified atom stereocenters. The van der Waals surface area contributed by atoms with Crippen LogP contribution in [0.3, 0.4) is 0 Å². The van der Waals surface area contributed by atoms with Crippen LogP contribution in [0.5, 0.6) is 0 Å². The molecule has 6 nitrogen and oxygen atoms in total. The number of nitro groups is 1. The molecule has 94 valence electrons. The summed E-state index contributed by atoms with van der Waals surface area (Å²) in [6.45, 7) is 0.160. The summed E-state index contributed by atoms with van der Waals surface area (Å²) < 4.78 is 14.9. The van der Waals surface area contributed by atoms with E-state index in [-0.39, 0.29) is 24.0 Å². The van der Waals surface area contributed by atoms with Gasteiger partial charge < -0.3 is 15.4 Å². The molecule has 7 heteroatoms. The lowest BCUT2D eigenvalue weighted by Gasteiger charge is -2.07. The highest BCUT2D eigenvalue weighted by Gasteiger charge is 2.19. The standard InChI is InChI=1S/C11H11FN4O2/c1-15-7-14-11(16(17)18)10(15)13-6-8-4-2-3-5-9(8)12/h2-5,7,13H,6H2,1H3. The molecule has 1 aromatic heterocycles. The van der Waals surface area contributed by atoms with E-state index in [1.54, 1.807) is 25.2 Å². The number of halogens is 1. The van der Waals surface area contributed by atoms with Crippen LogP contribution in [0.25, 0.3) is 0 Å². The number of imidazole rings is 1. The Morgan fingerprint density at radius 1 is 1.50 bits per heavy atom. The molecule has 0 aliphatic rings. The molecule has 0 radical (unpaired) electrons. The van der Waals surface area contributed by atoms with Crippen LogP contribution in [0.2, 0.25) is 0 Å². The van der Waals surface area contributed by atoms with Gasteiger partial charge in [0.15, 0.2) is 0 Å². The van der Waals surface area contributed by atoms with E-state index in [0.29, 0.717) is 5.56 Å². The average molecular weight is 250 g/mol. The van der Waals surface area contributed by atoms with E-state index in [1.165, 1.54) is 17.0 Å². The van der Waals surface area contributed by atoms with Crippen LogP contribution >= 0.6 is 0 Å². The van der Waals surface area contributed by atoms with Gasteiger partial charge in [-0.1, -0.05) is 18.2 Å². The van der Waals surface area contributed by atoms with Crippen molar-refractivity contribution in [3.8, 4) is 0 Å². The molecule has 0 saturated carbocycles. The molecule has 0 saturated heterocycles. The van der Waals surface area contributed by atoms with Crippen LogP contribution in [0, 0.1) is 15.9 Å². The molecule has 18 heavy (non-hydrogen) atoms. The quantitative estimate of drug-likeness (QED) is 0.666. The van der Waals surface area contributed by atoms with E-state index in [2.05, 4.69) is 10.3 Å². The highest BCUT2D eigenvalue weighted by molar-refractivity contribution is 5.52. The zero-order valence-electron chi connectivity index (χ0n) is 9.63. The number of nitrogens with zero attached hydrogens (tertiary/aromatic N) is 3. The number of benzene rings is 1. The Kier molecular flexibility index (Phi) is 3.22. The van der Waals surface area contributed by atoms with Gasteiger partial charge in [-0.3, -0.25) is 4.57 Å². The Labute approximate surface area is 102 Å². The van der Waals surface area contributed by atoms with Crippen molar-refractivity contribution >= 4 is 11.6 Å². The predicted octanol–water partition coefficient (Wildman–Crippen LogP) is 2.08. The fourth-order valence-electron chi connectivity index (χ4n) is 1.58. The monoisotopic (exact) mass is 250 g/mol. The maximum absolute atomic E-state index is 13.4. The van der Waals surface area contributed by atoms with Gasteiger partial charge in [-0.15, -0.1) is 0 Å². The fourth-order valence-corrected chi connectivity index (χ4v) is 1.58. The molecule has 1 heterocycles. The summed E-state index contributed by atoms with van der Waals surface area (Å²) in [6, 6.07) is 6.25. The van der Waals surface area contributed by atoms with Crippen molar-refractivity contribution in [2.75, 3.05) is 5.32 Å². The van der Waals surface area contributed by atoms with Gasteiger partial charge in [0.2, 0.25) is 12.1 Å². The molecule has 0 aliphatic carbocycles. The van der Waals surface area contributed by atoms with Crippen LogP contribution in [0.4, 0.5) is 16.0 Å². The molecule has 0 bridgehead atoms. The van der Waals surface area contributed by atoms with Crippen molar-refractivity contribution in [3.63, 3.8) is 0 Å². The van der Waals surface area contributed by atoms with Crippen molar-refractivity contribution in [1.29, 1.82) is 0 Å². The lowest BCUT2D eigenvalue weighted by molar-refractivity contribution is -0.388. The van der Waals surface area contributed by atoms with Crippen molar-refractivity contribution in [2.24, 2.45) is 7.05 Å². The Hall–Kier alpha value is -2.44. The first-order valence-corrected chi connectivity index (χ1v) is 5.22. The molecule has 0 spiro atoms. The lowest BCUT2D eigenvalue weighted by atomic mass is 10.2. The average Bonchev–Trinajstić information content (AvgIpc) is 2.70. The molecule has 0 fully saturated rings. The predicted molar refractivity (Wildman–Crippen MR) is 63.6 cm³/mol. The highest BCUT2D eigenvalue weighted by Crippen LogP contribution is 2.22. The van der Waals surface area contributed by atoms with Gasteiger partial charge in [-0.05, 0) is 16.0 Å². The number of rotatable bonds is 4. The SMILES string of the molecule is Cn1cnc([N+](=O)[O-])c1NCc1ccccc1F. The molecule has 1 aromatic carbocycles. The minimum absolute atomic E-state index is 0.160. The smallest absolute Gasteiger partial charge is 0.360 e. The topological polar surface area (TPSA) is 73.0 Å². The van der Waals surface area contributed by atoms with Gasteiger partial charge in [0.05, 0.1) is 0 Å². The van der Waals surface area contributed by atoms with Gasteiger partial charge in [0.1, 0.15) is 5.82 Å². The maximum atomic E-state index is 13.4. The second-order valence-corrected chi connectivity index (χ2v) is 3.73. The molecule has 2 aromatic rings. The Morgan fingerprint density at radius 2 is 2.22 bits per heavy atom. The van der Waals surface area contributed by atoms with Gasteiger partial charge in [-0.25, -0.2) is 4.39 Å². The van der Waals surface area contributed by atoms with E-state index < -0.39 is 4.92 Å². The lowest BCUT2D eigenvalue weighted by Crippen LogP contribution is -2.06. The van der Waals surface area contributed by atoms with Crippen LogP contribution in [-0.2, 0) is 13.6 Å². The van der Waals surface area contributed by atoms with E-state index in [9.17, 15) is 14.5 Å². The molecule has 1 N–H and O–H groups in total. The zero-order valence-corrected chi connectivity index (χ0v) is 9.63. The second-order valence-electron chi connectivity index (χ2n) is 3.73. The summed E-state index contributed by atoms with van der Waals surface area (Å²) in [5, 5.41) is 13.5. The van der Waals surface area contributed by atoms with Crippen molar-refractivity contribution in [3.05, 3.63) is 52.1 Å². The van der Waals surface area contributed by atoms with E-state index in [4.69, 9.17) is 0 Å². The number of hydrogen-bond acceptors (Lipinski definition) is 4. The highest BCUT2D eigenvalue weighted by atomic mass is 19.1. The summed E-state index contributed by atoms with van der Waals surface area (Å²) in [5.41, 5.74) is 0.438. The van der Waals surface area contributed by atoms with Crippen LogP contribution in [-0.4, -0.2) is 14.5 Å². The number of hydrogen-bond donors (Lipinski definition) is 1. The number of aromatic nitrogens is 2. The summed E-state index contributed by atoms with van der Waals surface area (Å²) in [6.07, 6.45) is 1.34. The van der Waals surface area contributed by atoms with Crippen molar-refractivity contribution in [1.82, 2.24) is 9.55 Å². The van der Waals surface area contributed by atoms with Gasteiger partial charge >= 0.3 is 5.82 Å². The first-order chi connectivity index (χ1) is 8.59. The largest absolute Gasteiger partial charge is 0.406 e. The third-order valence-electron chi connectivity index (χ3n) is 2.49. The molecule has 2 rings (SSSR count). The zero-order chi connectivity index (χ0) is 13.1. The minimum atomic E-state index is -0.580. The Morgan fingerprint density at radius 3 is 2.89 bits per heavy atom. The maximum Gasteiger partial charge on any atom is 0.406 e. The summed E-state index contributed by atoms with van der Waals surface area (Å²) in [7, 11) is 1.63. The van der Waals surface area contributed by atoms with Crippen LogP contribution in [0.1, 0.15) is 5.56 Å². The molecule has 0 amide bonds. The third-order valence-corrected chi connectivity index (χ3v) is 2.49. The first kappa shape index (κ1) is 12.0. The molecular formula is C11H11FN4O2. The Balaban J connectivity index is 2.18. The van der Waals surface area contributed by atoms with E-state index in [1.807, 2.05) is 0 Å². The minimum Gasteiger partial charge on any atom is -0.360 e. The van der Waals surface area contributed by atoms with Crippen molar-refractivity contribution in [2.45, 2.75) is 6.54 Å². The second kappa shape index (κ2) is 4.82.